The Bertz CT molecular complexity index is 1700. The number of rotatable bonds is 13. The van der Waals surface area contributed by atoms with Gasteiger partial charge in [-0.25, -0.2) is 12.8 Å². The minimum absolute atomic E-state index is 0.00437. The highest BCUT2D eigenvalue weighted by atomic mass is 32.2. The third kappa shape index (κ3) is 8.48. The Morgan fingerprint density at radius 2 is 1.47 bits per heavy atom. The first-order chi connectivity index (χ1) is 21.5. The number of hydrogen-bond donors (Lipinski definition) is 1. The van der Waals surface area contributed by atoms with Crippen molar-refractivity contribution >= 4 is 27.5 Å². The van der Waals surface area contributed by atoms with Crippen LogP contribution in [0.5, 0.6) is 5.75 Å². The lowest BCUT2D eigenvalue weighted by Gasteiger charge is -2.34. The molecule has 2 amide bonds. The molecule has 0 saturated carbocycles. The van der Waals surface area contributed by atoms with Crippen LogP contribution in [-0.2, 0) is 32.6 Å². The quantitative estimate of drug-likeness (QED) is 0.210. The SMILES string of the molecule is COc1ccccc1N(CC(=O)N(Cc1ccc(F)cc1)[C@@H](Cc1ccccc1)C(=O)NC(C)C)S(=O)(=O)c1ccc(C)cc1. The number of benzene rings is 4. The molecule has 45 heavy (non-hydrogen) atoms. The Hall–Kier alpha value is -4.70. The van der Waals surface area contributed by atoms with E-state index in [9.17, 15) is 22.4 Å². The number of nitrogens with one attached hydrogen (secondary N) is 1. The van der Waals surface area contributed by atoms with Gasteiger partial charge in [0.1, 0.15) is 24.2 Å². The molecular formula is C35H38FN3O5S. The van der Waals surface area contributed by atoms with Gasteiger partial charge in [-0.2, -0.15) is 0 Å². The van der Waals surface area contributed by atoms with Crippen LogP contribution in [-0.4, -0.2) is 50.9 Å². The van der Waals surface area contributed by atoms with Crippen LogP contribution in [0.15, 0.2) is 108 Å². The lowest BCUT2D eigenvalue weighted by molar-refractivity contribution is -0.140. The number of nitrogens with zero attached hydrogens (tertiary/aromatic N) is 2. The van der Waals surface area contributed by atoms with Gasteiger partial charge in [0.05, 0.1) is 17.7 Å². The Kier molecular flexibility index (Phi) is 11.0. The largest absolute Gasteiger partial charge is 0.495 e. The average molecular weight is 632 g/mol. The third-order valence-corrected chi connectivity index (χ3v) is 8.98. The van der Waals surface area contributed by atoms with Gasteiger partial charge in [-0.15, -0.1) is 0 Å². The molecular weight excluding hydrogens is 593 g/mol. The zero-order valence-electron chi connectivity index (χ0n) is 25.8. The highest BCUT2D eigenvalue weighted by Gasteiger charge is 2.35. The van der Waals surface area contributed by atoms with Crippen LogP contribution in [0.1, 0.15) is 30.5 Å². The van der Waals surface area contributed by atoms with E-state index in [1.54, 1.807) is 36.4 Å². The summed E-state index contributed by atoms with van der Waals surface area (Å²) in [5.41, 5.74) is 2.43. The van der Waals surface area contributed by atoms with E-state index >= 15 is 0 Å². The zero-order chi connectivity index (χ0) is 32.6. The van der Waals surface area contributed by atoms with E-state index in [0.29, 0.717) is 5.56 Å². The number of anilines is 1. The van der Waals surface area contributed by atoms with Gasteiger partial charge in [-0.3, -0.25) is 13.9 Å². The smallest absolute Gasteiger partial charge is 0.264 e. The summed E-state index contributed by atoms with van der Waals surface area (Å²) >= 11 is 0. The normalized spacial score (nSPS) is 12.0. The van der Waals surface area contributed by atoms with Crippen LogP contribution < -0.4 is 14.4 Å². The first-order valence-corrected chi connectivity index (χ1v) is 16.0. The molecule has 0 aliphatic carbocycles. The van der Waals surface area contributed by atoms with Gasteiger partial charge in [0.2, 0.25) is 11.8 Å². The number of halogens is 1. The molecule has 4 aromatic carbocycles. The minimum atomic E-state index is -4.28. The number of amides is 2. The van der Waals surface area contributed by atoms with Crippen molar-refractivity contribution in [2.24, 2.45) is 0 Å². The highest BCUT2D eigenvalue weighted by molar-refractivity contribution is 7.92. The van der Waals surface area contributed by atoms with Gasteiger partial charge in [-0.05, 0) is 68.3 Å². The molecule has 0 saturated heterocycles. The van der Waals surface area contributed by atoms with Crippen LogP contribution in [0.2, 0.25) is 0 Å². The standard InChI is InChI=1S/C35H38FN3O5S/c1-25(2)37-35(41)32(22-27-10-6-5-7-11-27)38(23-28-16-18-29(36)19-17-28)34(40)24-39(31-12-8-9-13-33(31)44-4)45(42,43)30-20-14-26(3)15-21-30/h5-21,25,32H,22-24H2,1-4H3,(H,37,41)/t32-/m0/s1. The fourth-order valence-corrected chi connectivity index (χ4v) is 6.33. The molecule has 0 radical (unpaired) electrons. The van der Waals surface area contributed by atoms with Crippen LogP contribution in [0.25, 0.3) is 0 Å². The topological polar surface area (TPSA) is 96.0 Å². The van der Waals surface area contributed by atoms with E-state index in [0.717, 1.165) is 15.4 Å². The van der Waals surface area contributed by atoms with Gasteiger partial charge in [-0.1, -0.05) is 72.3 Å². The molecule has 10 heteroatoms. The fraction of sp³-hybridized carbons (Fsp3) is 0.257. The number of carbonyl (C=O) groups is 2. The van der Waals surface area contributed by atoms with Crippen LogP contribution in [0, 0.1) is 12.7 Å². The number of sulfonamides is 1. The lowest BCUT2D eigenvalue weighted by atomic mass is 10.0. The highest BCUT2D eigenvalue weighted by Crippen LogP contribution is 2.32. The molecule has 0 aliphatic heterocycles. The van der Waals surface area contributed by atoms with E-state index in [2.05, 4.69) is 5.32 Å². The Morgan fingerprint density at radius 1 is 0.844 bits per heavy atom. The second-order valence-electron chi connectivity index (χ2n) is 11.0. The average Bonchev–Trinajstić information content (AvgIpc) is 3.02. The zero-order valence-corrected chi connectivity index (χ0v) is 26.6. The Morgan fingerprint density at radius 3 is 2.09 bits per heavy atom. The van der Waals surface area contributed by atoms with E-state index < -0.39 is 40.2 Å². The lowest BCUT2D eigenvalue weighted by Crippen LogP contribution is -2.54. The summed E-state index contributed by atoms with van der Waals surface area (Å²) in [5, 5.41) is 2.91. The second kappa shape index (κ2) is 14.9. The molecule has 1 N–H and O–H groups in total. The van der Waals surface area contributed by atoms with Gasteiger partial charge < -0.3 is 15.0 Å². The van der Waals surface area contributed by atoms with Crippen molar-refractivity contribution in [3.8, 4) is 5.75 Å². The maximum atomic E-state index is 14.5. The molecule has 0 unspecified atom stereocenters. The summed E-state index contributed by atoms with van der Waals surface area (Å²) in [4.78, 5) is 29.6. The Balaban J connectivity index is 1.83. The van der Waals surface area contributed by atoms with Crippen LogP contribution >= 0.6 is 0 Å². The van der Waals surface area contributed by atoms with Crippen molar-refractivity contribution in [3.05, 3.63) is 126 Å². The summed E-state index contributed by atoms with van der Waals surface area (Å²) in [5.74, 6) is -1.21. The maximum absolute atomic E-state index is 14.5. The van der Waals surface area contributed by atoms with E-state index in [4.69, 9.17) is 4.74 Å². The summed E-state index contributed by atoms with van der Waals surface area (Å²) in [6.45, 7) is 4.80. The van der Waals surface area contributed by atoms with Crippen LogP contribution in [0.4, 0.5) is 10.1 Å². The van der Waals surface area contributed by atoms with Crippen LogP contribution in [0.3, 0.4) is 0 Å². The number of hydrogen-bond acceptors (Lipinski definition) is 5. The van der Waals surface area contributed by atoms with Crippen molar-refractivity contribution < 1.29 is 27.1 Å². The van der Waals surface area contributed by atoms with E-state index in [1.165, 1.54) is 48.4 Å². The molecule has 0 bridgehead atoms. The van der Waals surface area contributed by atoms with E-state index in [-0.39, 0.29) is 35.3 Å². The molecule has 0 aliphatic rings. The van der Waals surface area contributed by atoms with Gasteiger partial charge in [0, 0.05) is 19.0 Å². The number of methoxy groups -OCH3 is 1. The van der Waals surface area contributed by atoms with Crippen molar-refractivity contribution in [2.45, 2.75) is 50.7 Å². The molecule has 236 valence electrons. The van der Waals surface area contributed by atoms with Gasteiger partial charge in [0.15, 0.2) is 0 Å². The number of ether oxygens (including phenoxy) is 1. The molecule has 4 aromatic rings. The molecule has 0 aromatic heterocycles. The molecule has 0 heterocycles. The molecule has 0 spiro atoms. The summed E-state index contributed by atoms with van der Waals surface area (Å²) in [6.07, 6.45) is 0.172. The Labute approximate surface area is 264 Å². The van der Waals surface area contributed by atoms with Gasteiger partial charge >= 0.3 is 0 Å². The maximum Gasteiger partial charge on any atom is 0.264 e. The van der Waals surface area contributed by atoms with Crippen molar-refractivity contribution in [1.82, 2.24) is 10.2 Å². The predicted molar refractivity (Wildman–Crippen MR) is 173 cm³/mol. The van der Waals surface area contributed by atoms with Gasteiger partial charge in [0.25, 0.3) is 10.0 Å². The summed E-state index contributed by atoms with van der Waals surface area (Å²) in [7, 11) is -2.86. The van der Waals surface area contributed by atoms with Crippen molar-refractivity contribution in [2.75, 3.05) is 18.0 Å². The number of para-hydroxylation sites is 2. The van der Waals surface area contributed by atoms with E-state index in [1.807, 2.05) is 51.1 Å². The fourth-order valence-electron chi connectivity index (χ4n) is 4.91. The third-order valence-electron chi connectivity index (χ3n) is 7.21. The first kappa shape index (κ1) is 33.2. The van der Waals surface area contributed by atoms with Crippen molar-refractivity contribution in [3.63, 3.8) is 0 Å². The predicted octanol–water partition coefficient (Wildman–Crippen LogP) is 5.50. The molecule has 0 fully saturated rings. The molecule has 1 atom stereocenters. The molecule has 4 rings (SSSR count). The second-order valence-corrected chi connectivity index (χ2v) is 12.9. The monoisotopic (exact) mass is 631 g/mol. The summed E-state index contributed by atoms with van der Waals surface area (Å²) in [6, 6.07) is 26.6. The number of carbonyl (C=O) groups excluding carboxylic acids is 2. The summed E-state index contributed by atoms with van der Waals surface area (Å²) < 4.78 is 48.7. The first-order valence-electron chi connectivity index (χ1n) is 14.6. The van der Waals surface area contributed by atoms with Crippen molar-refractivity contribution in [1.29, 1.82) is 0 Å². The molecule has 8 nitrogen and oxygen atoms in total. The number of aryl methyl sites for hydroxylation is 1. The minimum Gasteiger partial charge on any atom is -0.495 e.